The summed E-state index contributed by atoms with van der Waals surface area (Å²) in [6, 6.07) is 12.5. The summed E-state index contributed by atoms with van der Waals surface area (Å²) in [5.41, 5.74) is 8.47. The Labute approximate surface area is 179 Å². The zero-order valence-electron chi connectivity index (χ0n) is 17.0. The fourth-order valence-electron chi connectivity index (χ4n) is 4.04. The minimum absolute atomic E-state index is 0.0364. The number of piperazine rings is 1. The number of fused-ring (bicyclic) bond motifs is 1. The van der Waals surface area contributed by atoms with Gasteiger partial charge >= 0.3 is 0 Å². The number of primary amides is 1. The molecular formula is C23H23N5O3. The highest BCUT2D eigenvalue weighted by molar-refractivity contribution is 6.04. The van der Waals surface area contributed by atoms with E-state index in [4.69, 9.17) is 5.73 Å². The van der Waals surface area contributed by atoms with Crippen molar-refractivity contribution >= 4 is 28.8 Å². The Hall–Kier alpha value is -3.68. The molecule has 1 aromatic heterocycles. The highest BCUT2D eigenvalue weighted by Crippen LogP contribution is 2.31. The molecule has 3 aromatic rings. The molecule has 8 nitrogen and oxygen atoms in total. The molecule has 2 aromatic carbocycles. The number of carbonyl (C=O) groups is 3. The Morgan fingerprint density at radius 2 is 1.61 bits per heavy atom. The summed E-state index contributed by atoms with van der Waals surface area (Å²) in [6.45, 7) is 2.30. The minimum atomic E-state index is -0.525. The van der Waals surface area contributed by atoms with E-state index in [1.54, 1.807) is 29.2 Å². The molecule has 5 rings (SSSR count). The molecule has 1 aliphatic heterocycles. The van der Waals surface area contributed by atoms with Crippen molar-refractivity contribution in [3.63, 3.8) is 0 Å². The van der Waals surface area contributed by atoms with Gasteiger partial charge in [0.25, 0.3) is 11.8 Å². The van der Waals surface area contributed by atoms with Gasteiger partial charge in [0, 0.05) is 43.2 Å². The molecule has 0 spiro atoms. The smallest absolute Gasteiger partial charge is 0.253 e. The van der Waals surface area contributed by atoms with E-state index in [1.807, 2.05) is 23.1 Å². The van der Waals surface area contributed by atoms with Crippen LogP contribution in [0.5, 0.6) is 0 Å². The predicted molar refractivity (Wildman–Crippen MR) is 115 cm³/mol. The largest absolute Gasteiger partial charge is 0.366 e. The number of imidazole rings is 1. The molecule has 158 valence electrons. The molecule has 8 heteroatoms. The summed E-state index contributed by atoms with van der Waals surface area (Å²) < 4.78 is 0. The van der Waals surface area contributed by atoms with Gasteiger partial charge in [0.2, 0.25) is 5.91 Å². The van der Waals surface area contributed by atoms with Crippen molar-refractivity contribution in [3.05, 3.63) is 53.6 Å². The lowest BCUT2D eigenvalue weighted by Gasteiger charge is -2.35. The van der Waals surface area contributed by atoms with Crippen LogP contribution in [0, 0.1) is 5.92 Å². The van der Waals surface area contributed by atoms with Crippen LogP contribution in [-0.2, 0) is 4.79 Å². The maximum atomic E-state index is 12.9. The molecular weight excluding hydrogens is 394 g/mol. The third kappa shape index (κ3) is 3.65. The van der Waals surface area contributed by atoms with Gasteiger partial charge in [0.15, 0.2) is 0 Å². The summed E-state index contributed by atoms with van der Waals surface area (Å²) in [5.74, 6) is 0.498. The molecule has 3 N–H and O–H groups in total. The normalized spacial score (nSPS) is 16.5. The Bertz CT molecular complexity index is 1170. The van der Waals surface area contributed by atoms with Gasteiger partial charge in [-0.15, -0.1) is 0 Å². The third-order valence-corrected chi connectivity index (χ3v) is 5.99. The predicted octanol–water partition coefficient (Wildman–Crippen LogP) is 2.02. The standard InChI is InChI=1S/C23H23N5O3/c24-20(29)17-2-1-3-18-19(17)26-21(25-18)14-4-6-15(7-5-14)22(30)27-10-12-28(13-11-27)23(31)16-8-9-16/h1-7,16H,8-13H2,(H2,24,29)(H,25,26). The molecule has 31 heavy (non-hydrogen) atoms. The van der Waals surface area contributed by atoms with E-state index in [-0.39, 0.29) is 17.7 Å². The van der Waals surface area contributed by atoms with Crippen LogP contribution in [0.4, 0.5) is 0 Å². The molecule has 0 bridgehead atoms. The number of nitrogens with zero attached hydrogens (tertiary/aromatic N) is 3. The number of aromatic nitrogens is 2. The van der Waals surface area contributed by atoms with Crippen LogP contribution in [0.3, 0.4) is 0 Å². The van der Waals surface area contributed by atoms with E-state index in [2.05, 4.69) is 9.97 Å². The van der Waals surface area contributed by atoms with Crippen LogP contribution in [0.2, 0.25) is 0 Å². The van der Waals surface area contributed by atoms with Crippen LogP contribution in [0.25, 0.3) is 22.4 Å². The molecule has 0 unspecified atom stereocenters. The molecule has 0 atom stereocenters. The summed E-state index contributed by atoms with van der Waals surface area (Å²) in [5, 5.41) is 0. The van der Waals surface area contributed by atoms with Crippen LogP contribution < -0.4 is 5.73 Å². The lowest BCUT2D eigenvalue weighted by atomic mass is 10.1. The average molecular weight is 417 g/mol. The number of para-hydroxylation sites is 1. The number of rotatable bonds is 4. The van der Waals surface area contributed by atoms with Crippen molar-refractivity contribution in [1.82, 2.24) is 19.8 Å². The van der Waals surface area contributed by atoms with Crippen LogP contribution in [0.1, 0.15) is 33.6 Å². The first-order valence-electron chi connectivity index (χ1n) is 10.5. The van der Waals surface area contributed by atoms with Crippen LogP contribution in [0.15, 0.2) is 42.5 Å². The molecule has 2 heterocycles. The topological polar surface area (TPSA) is 112 Å². The number of amides is 3. The van der Waals surface area contributed by atoms with Gasteiger partial charge in [-0.3, -0.25) is 14.4 Å². The van der Waals surface area contributed by atoms with Gasteiger partial charge in [0.1, 0.15) is 11.3 Å². The summed E-state index contributed by atoms with van der Waals surface area (Å²) in [4.78, 5) is 48.1. The second kappa shape index (κ2) is 7.54. The number of hydrogen-bond acceptors (Lipinski definition) is 4. The quantitative estimate of drug-likeness (QED) is 0.676. The first-order valence-corrected chi connectivity index (χ1v) is 10.5. The fraction of sp³-hybridized carbons (Fsp3) is 0.304. The van der Waals surface area contributed by atoms with E-state index < -0.39 is 5.91 Å². The molecule has 1 aliphatic carbocycles. The number of nitrogens with two attached hydrogens (primary N) is 1. The van der Waals surface area contributed by atoms with Gasteiger partial charge < -0.3 is 20.5 Å². The van der Waals surface area contributed by atoms with Crippen molar-refractivity contribution < 1.29 is 14.4 Å². The molecule has 1 saturated carbocycles. The van der Waals surface area contributed by atoms with Gasteiger partial charge in [-0.1, -0.05) is 18.2 Å². The Morgan fingerprint density at radius 3 is 2.26 bits per heavy atom. The maximum absolute atomic E-state index is 12.9. The van der Waals surface area contributed by atoms with Crippen molar-refractivity contribution in [3.8, 4) is 11.4 Å². The lowest BCUT2D eigenvalue weighted by molar-refractivity contribution is -0.134. The third-order valence-electron chi connectivity index (χ3n) is 5.99. The van der Waals surface area contributed by atoms with Crippen molar-refractivity contribution in [2.75, 3.05) is 26.2 Å². The Balaban J connectivity index is 1.29. The molecule has 2 aliphatic rings. The Kier molecular flexibility index (Phi) is 4.69. The summed E-state index contributed by atoms with van der Waals surface area (Å²) in [7, 11) is 0. The highest BCUT2D eigenvalue weighted by Gasteiger charge is 2.35. The van der Waals surface area contributed by atoms with E-state index in [9.17, 15) is 14.4 Å². The van der Waals surface area contributed by atoms with Gasteiger partial charge in [0.05, 0.1) is 11.1 Å². The number of carbonyl (C=O) groups excluding carboxylic acids is 3. The lowest BCUT2D eigenvalue weighted by Crippen LogP contribution is -2.51. The SMILES string of the molecule is NC(=O)c1cccc2[nH]c(-c3ccc(C(=O)N4CCN(C(=O)C5CC5)CC4)cc3)nc12. The molecule has 3 amide bonds. The first-order chi connectivity index (χ1) is 15.0. The monoisotopic (exact) mass is 417 g/mol. The van der Waals surface area contributed by atoms with E-state index >= 15 is 0 Å². The second-order valence-electron chi connectivity index (χ2n) is 8.12. The van der Waals surface area contributed by atoms with E-state index in [0.29, 0.717) is 48.6 Å². The zero-order chi connectivity index (χ0) is 21.5. The second-order valence-corrected chi connectivity index (χ2v) is 8.12. The Morgan fingerprint density at radius 1 is 0.935 bits per heavy atom. The van der Waals surface area contributed by atoms with Crippen LogP contribution in [-0.4, -0.2) is 63.7 Å². The molecule has 1 saturated heterocycles. The number of benzene rings is 2. The van der Waals surface area contributed by atoms with Crippen LogP contribution >= 0.6 is 0 Å². The summed E-state index contributed by atoms with van der Waals surface area (Å²) >= 11 is 0. The fourth-order valence-corrected chi connectivity index (χ4v) is 4.04. The highest BCUT2D eigenvalue weighted by atomic mass is 16.2. The number of H-pyrrole nitrogens is 1. The number of nitrogens with one attached hydrogen (secondary N) is 1. The van der Waals surface area contributed by atoms with Gasteiger partial charge in [-0.05, 0) is 37.1 Å². The summed E-state index contributed by atoms with van der Waals surface area (Å²) in [6.07, 6.45) is 2.00. The first kappa shape index (κ1) is 19.3. The number of hydrogen-bond donors (Lipinski definition) is 2. The van der Waals surface area contributed by atoms with Crippen molar-refractivity contribution in [1.29, 1.82) is 0 Å². The van der Waals surface area contributed by atoms with Crippen molar-refractivity contribution in [2.24, 2.45) is 11.7 Å². The average Bonchev–Trinajstić information content (AvgIpc) is 3.56. The van der Waals surface area contributed by atoms with Crippen molar-refractivity contribution in [2.45, 2.75) is 12.8 Å². The van der Waals surface area contributed by atoms with Gasteiger partial charge in [-0.25, -0.2) is 4.98 Å². The van der Waals surface area contributed by atoms with Gasteiger partial charge in [-0.2, -0.15) is 0 Å². The van der Waals surface area contributed by atoms with E-state index in [0.717, 1.165) is 23.9 Å². The maximum Gasteiger partial charge on any atom is 0.253 e. The zero-order valence-corrected chi connectivity index (χ0v) is 17.0. The number of aromatic amines is 1. The molecule has 0 radical (unpaired) electrons. The molecule has 2 fully saturated rings. The van der Waals surface area contributed by atoms with E-state index in [1.165, 1.54) is 0 Å². The minimum Gasteiger partial charge on any atom is -0.366 e.